The molecule has 1 heterocycles. The molecule has 0 aliphatic carbocycles. The van der Waals surface area contributed by atoms with Crippen molar-refractivity contribution in [1.29, 1.82) is 0 Å². The number of ether oxygens (including phenoxy) is 1. The minimum Gasteiger partial charge on any atom is -0.545 e. The highest BCUT2D eigenvalue weighted by Crippen LogP contribution is 2.38. The van der Waals surface area contributed by atoms with Gasteiger partial charge in [0.05, 0.1) is 23.8 Å². The predicted molar refractivity (Wildman–Crippen MR) is 86.1 cm³/mol. The fourth-order valence-electron chi connectivity index (χ4n) is 2.30. The summed E-state index contributed by atoms with van der Waals surface area (Å²) in [5.41, 5.74) is 1.29. The Balaban J connectivity index is 1.99. The Morgan fingerprint density at radius 3 is 2.83 bits per heavy atom. The maximum Gasteiger partial charge on any atom is 0.218 e. The molecule has 0 amide bonds. The number of carboxylic acids is 1. The summed E-state index contributed by atoms with van der Waals surface area (Å²) in [4.78, 5) is 13.7. The molecule has 7 nitrogen and oxygen atoms in total. The fraction of sp³-hybridized carbons (Fsp3) is 0.118. The zero-order valence-corrected chi connectivity index (χ0v) is 12.8. The number of carboxylic acid groups (broad SMARTS) is 1. The van der Waals surface area contributed by atoms with Crippen molar-refractivity contribution in [3.63, 3.8) is 0 Å². The Morgan fingerprint density at radius 2 is 2.08 bits per heavy atom. The van der Waals surface area contributed by atoms with Crippen LogP contribution in [-0.4, -0.2) is 22.7 Å². The summed E-state index contributed by atoms with van der Waals surface area (Å²) in [7, 11) is 0. The molecule has 0 atom stereocenters. The summed E-state index contributed by atoms with van der Waals surface area (Å²) < 4.78 is 5.44. The number of aromatic hydroxyl groups is 1. The van der Waals surface area contributed by atoms with E-state index in [9.17, 15) is 15.0 Å². The molecule has 0 unspecified atom stereocenters. The molecule has 0 radical (unpaired) electrons. The molecular formula is C17H14N3O4-. The van der Waals surface area contributed by atoms with E-state index in [2.05, 4.69) is 15.2 Å². The van der Waals surface area contributed by atoms with Crippen LogP contribution in [0.5, 0.6) is 11.6 Å². The van der Waals surface area contributed by atoms with Crippen molar-refractivity contribution in [3.05, 3.63) is 48.0 Å². The van der Waals surface area contributed by atoms with Gasteiger partial charge in [-0.3, -0.25) is 0 Å². The molecule has 0 saturated heterocycles. The van der Waals surface area contributed by atoms with E-state index in [1.54, 1.807) is 30.3 Å². The summed E-state index contributed by atoms with van der Waals surface area (Å²) in [5, 5.41) is 29.6. The average molecular weight is 324 g/mol. The summed E-state index contributed by atoms with van der Waals surface area (Å²) >= 11 is 0. The van der Waals surface area contributed by atoms with E-state index in [0.29, 0.717) is 28.9 Å². The van der Waals surface area contributed by atoms with Crippen molar-refractivity contribution in [2.45, 2.75) is 6.92 Å². The third-order valence-electron chi connectivity index (χ3n) is 3.38. The maximum absolute atomic E-state index is 10.9. The van der Waals surface area contributed by atoms with E-state index in [1.807, 2.05) is 6.92 Å². The van der Waals surface area contributed by atoms with Gasteiger partial charge in [-0.2, -0.15) is 5.11 Å². The summed E-state index contributed by atoms with van der Waals surface area (Å²) in [6.45, 7) is 2.40. The first-order valence-electron chi connectivity index (χ1n) is 7.29. The number of hydrogen-bond donors (Lipinski definition) is 2. The molecule has 0 spiro atoms. The predicted octanol–water partition coefficient (Wildman–Crippen LogP) is 3.05. The largest absolute Gasteiger partial charge is 0.545 e. The van der Waals surface area contributed by atoms with E-state index in [1.165, 1.54) is 12.1 Å². The molecular weight excluding hydrogens is 310 g/mol. The van der Waals surface area contributed by atoms with E-state index >= 15 is 0 Å². The molecule has 3 rings (SSSR count). The summed E-state index contributed by atoms with van der Waals surface area (Å²) in [6.07, 6.45) is 0. The Hall–Kier alpha value is -3.35. The molecule has 1 aromatic heterocycles. The molecule has 0 bridgehead atoms. The topological polar surface area (TPSA) is 110 Å². The zero-order chi connectivity index (χ0) is 17.1. The van der Waals surface area contributed by atoms with Crippen LogP contribution in [0.4, 0.5) is 11.4 Å². The lowest BCUT2D eigenvalue weighted by atomic mass is 10.2. The quantitative estimate of drug-likeness (QED) is 0.703. The van der Waals surface area contributed by atoms with Gasteiger partial charge in [0.1, 0.15) is 5.75 Å². The van der Waals surface area contributed by atoms with Crippen LogP contribution in [0.15, 0.2) is 52.7 Å². The van der Waals surface area contributed by atoms with Gasteiger partial charge in [0.15, 0.2) is 5.69 Å². The van der Waals surface area contributed by atoms with Gasteiger partial charge in [-0.25, -0.2) is 0 Å². The minimum atomic E-state index is -1.29. The van der Waals surface area contributed by atoms with Crippen molar-refractivity contribution in [2.24, 2.45) is 10.2 Å². The van der Waals surface area contributed by atoms with Crippen LogP contribution in [0.2, 0.25) is 0 Å². The molecule has 2 N–H and O–H groups in total. The second kappa shape index (κ2) is 6.41. The molecule has 3 aromatic rings. The molecule has 0 aliphatic heterocycles. The van der Waals surface area contributed by atoms with Crippen molar-refractivity contribution in [1.82, 2.24) is 4.98 Å². The van der Waals surface area contributed by atoms with Crippen LogP contribution in [0.25, 0.3) is 10.9 Å². The average Bonchev–Trinajstić information content (AvgIpc) is 2.88. The van der Waals surface area contributed by atoms with Crippen molar-refractivity contribution in [3.8, 4) is 11.6 Å². The molecule has 24 heavy (non-hydrogen) atoms. The lowest BCUT2D eigenvalue weighted by Crippen LogP contribution is -2.21. The number of fused-ring (bicyclic) bond motifs is 1. The van der Waals surface area contributed by atoms with Crippen LogP contribution >= 0.6 is 0 Å². The van der Waals surface area contributed by atoms with Crippen LogP contribution in [0.3, 0.4) is 0 Å². The van der Waals surface area contributed by atoms with Gasteiger partial charge in [-0.15, -0.1) is 5.11 Å². The number of nitrogens with zero attached hydrogens (tertiary/aromatic N) is 2. The maximum atomic E-state index is 10.9. The number of H-pyrrole nitrogens is 1. The monoisotopic (exact) mass is 324 g/mol. The fourth-order valence-corrected chi connectivity index (χ4v) is 2.30. The standard InChI is InChI=1S/C17H15N3O4/c1-2-24-12-6-7-14-13(9-12)15(16(21)18-14)20-19-11-5-3-4-10(8-11)17(22)23/h3-9,18,21H,2H2,1H3,(H,22,23)/p-1. The normalized spacial score (nSPS) is 11.2. The van der Waals surface area contributed by atoms with Gasteiger partial charge in [-0.1, -0.05) is 12.1 Å². The zero-order valence-electron chi connectivity index (χ0n) is 12.8. The Labute approximate surface area is 137 Å². The summed E-state index contributed by atoms with van der Waals surface area (Å²) in [6, 6.07) is 11.2. The second-order valence-electron chi connectivity index (χ2n) is 5.00. The highest BCUT2D eigenvalue weighted by molar-refractivity contribution is 5.95. The number of carbonyl (C=O) groups excluding carboxylic acids is 1. The number of nitrogens with one attached hydrogen (secondary N) is 1. The van der Waals surface area contributed by atoms with E-state index in [-0.39, 0.29) is 17.1 Å². The van der Waals surface area contributed by atoms with E-state index < -0.39 is 5.97 Å². The third-order valence-corrected chi connectivity index (χ3v) is 3.38. The van der Waals surface area contributed by atoms with Crippen molar-refractivity contribution in [2.75, 3.05) is 6.61 Å². The van der Waals surface area contributed by atoms with Gasteiger partial charge in [0.2, 0.25) is 5.88 Å². The van der Waals surface area contributed by atoms with Crippen LogP contribution in [0, 0.1) is 0 Å². The molecule has 7 heteroatoms. The van der Waals surface area contributed by atoms with Gasteiger partial charge >= 0.3 is 0 Å². The smallest absolute Gasteiger partial charge is 0.218 e. The SMILES string of the molecule is CCOc1ccc2[nH]c(O)c(N=Nc3cccc(C(=O)[O-])c3)c2c1. The Bertz CT molecular complexity index is 931. The Morgan fingerprint density at radius 1 is 1.25 bits per heavy atom. The number of azo groups is 1. The molecule has 0 fully saturated rings. The van der Waals surface area contributed by atoms with Gasteiger partial charge < -0.3 is 24.7 Å². The molecule has 0 saturated carbocycles. The number of rotatable bonds is 5. The lowest BCUT2D eigenvalue weighted by Gasteiger charge is -2.02. The summed E-state index contributed by atoms with van der Waals surface area (Å²) in [5.74, 6) is -0.763. The number of carbonyl (C=O) groups is 1. The van der Waals surface area contributed by atoms with Crippen LogP contribution < -0.4 is 9.84 Å². The number of aromatic carboxylic acids is 1. The number of aromatic amines is 1. The van der Waals surface area contributed by atoms with Gasteiger partial charge in [0, 0.05) is 5.39 Å². The Kier molecular flexibility index (Phi) is 4.15. The van der Waals surface area contributed by atoms with E-state index in [0.717, 1.165) is 0 Å². The van der Waals surface area contributed by atoms with Gasteiger partial charge in [0.25, 0.3) is 0 Å². The first-order chi connectivity index (χ1) is 11.6. The second-order valence-corrected chi connectivity index (χ2v) is 5.00. The van der Waals surface area contributed by atoms with Crippen molar-refractivity contribution >= 4 is 28.2 Å². The first kappa shape index (κ1) is 15.5. The highest BCUT2D eigenvalue weighted by Gasteiger charge is 2.11. The van der Waals surface area contributed by atoms with Gasteiger partial charge in [-0.05, 0) is 42.8 Å². The lowest BCUT2D eigenvalue weighted by molar-refractivity contribution is -0.255. The third kappa shape index (κ3) is 3.05. The number of aromatic nitrogens is 1. The number of benzene rings is 2. The van der Waals surface area contributed by atoms with E-state index in [4.69, 9.17) is 4.74 Å². The minimum absolute atomic E-state index is 0.00762. The molecule has 122 valence electrons. The van der Waals surface area contributed by atoms with Crippen LogP contribution in [0.1, 0.15) is 17.3 Å². The molecule has 0 aliphatic rings. The van der Waals surface area contributed by atoms with Crippen LogP contribution in [-0.2, 0) is 0 Å². The highest BCUT2D eigenvalue weighted by atomic mass is 16.5. The first-order valence-corrected chi connectivity index (χ1v) is 7.29. The molecule has 2 aromatic carbocycles. The van der Waals surface area contributed by atoms with Crippen molar-refractivity contribution < 1.29 is 19.7 Å². The number of hydrogen-bond acceptors (Lipinski definition) is 6.